The molecular weight excluding hydrogens is 530 g/mol. The Morgan fingerprint density at radius 2 is 1.69 bits per heavy atom. The molecule has 1 aromatic carbocycles. The van der Waals surface area contributed by atoms with Crippen LogP contribution in [0.5, 0.6) is 0 Å². The van der Waals surface area contributed by atoms with Crippen LogP contribution in [0.2, 0.25) is 0 Å². The molecule has 0 radical (unpaired) electrons. The zero-order chi connectivity index (χ0) is 28.8. The molecule has 1 aromatic heterocycles. The van der Waals surface area contributed by atoms with Crippen LogP contribution >= 0.6 is 7.44 Å². The number of carbonyl (C=O) groups is 1. The fourth-order valence-corrected chi connectivity index (χ4v) is 6.99. The van der Waals surface area contributed by atoms with E-state index in [-0.39, 0.29) is 36.1 Å². The topological polar surface area (TPSA) is 104 Å². The van der Waals surface area contributed by atoms with Crippen molar-refractivity contribution in [2.24, 2.45) is 0 Å². The van der Waals surface area contributed by atoms with Gasteiger partial charge in [0, 0.05) is 36.8 Å². The number of fused-ring (bicyclic) bond motifs is 1. The molecule has 1 amide bonds. The molecule has 0 saturated heterocycles. The molecule has 1 fully saturated rings. The number of pyridine rings is 1. The summed E-state index contributed by atoms with van der Waals surface area (Å²) in [6.45, 7) is 5.82. The van der Waals surface area contributed by atoms with Crippen molar-refractivity contribution in [3.8, 4) is 0 Å². The molecule has 8 nitrogen and oxygen atoms in total. The zero-order valence-corrected chi connectivity index (χ0v) is 24.1. The van der Waals surface area contributed by atoms with Gasteiger partial charge in [-0.25, -0.2) is 4.39 Å². The maximum Gasteiger partial charge on any atom is 0.341 e. The van der Waals surface area contributed by atoms with E-state index >= 15 is 4.39 Å². The predicted molar refractivity (Wildman–Crippen MR) is 151 cm³/mol. The minimum Gasteiger partial charge on any atom is -0.380 e. The molecule has 1 heterocycles. The lowest BCUT2D eigenvalue weighted by Gasteiger charge is -2.28. The van der Waals surface area contributed by atoms with Crippen LogP contribution < -0.4 is 26.2 Å². The summed E-state index contributed by atoms with van der Waals surface area (Å²) < 4.78 is 59.7. The second-order valence-electron chi connectivity index (χ2n) is 10.1. The van der Waals surface area contributed by atoms with E-state index in [1.54, 1.807) is 24.5 Å². The smallest absolute Gasteiger partial charge is 0.341 e. The summed E-state index contributed by atoms with van der Waals surface area (Å²) >= 11 is 0. The van der Waals surface area contributed by atoms with Gasteiger partial charge >= 0.3 is 5.66 Å². The minimum atomic E-state index is -4.37. The van der Waals surface area contributed by atoms with Crippen LogP contribution in [-0.4, -0.2) is 41.8 Å². The third kappa shape index (κ3) is 6.87. The molecule has 1 saturated carbocycles. The van der Waals surface area contributed by atoms with Crippen molar-refractivity contribution in [1.29, 1.82) is 0 Å². The highest BCUT2D eigenvalue weighted by Crippen LogP contribution is 2.52. The molecule has 1 aliphatic rings. The van der Waals surface area contributed by atoms with E-state index in [4.69, 9.17) is 0 Å². The summed E-state index contributed by atoms with van der Waals surface area (Å²) in [6.07, 6.45) is 7.89. The van der Waals surface area contributed by atoms with Crippen molar-refractivity contribution in [3.05, 3.63) is 39.9 Å². The van der Waals surface area contributed by atoms with Crippen molar-refractivity contribution in [1.82, 2.24) is 20.1 Å². The summed E-state index contributed by atoms with van der Waals surface area (Å²) in [5.41, 5.74) is -4.17. The molecular formula is C27H41F3N5O3P. The minimum absolute atomic E-state index is 0.000949. The molecule has 0 spiro atoms. The number of nitrogens with zero attached hydrogens (tertiary/aromatic N) is 1. The van der Waals surface area contributed by atoms with Gasteiger partial charge in [-0.05, 0) is 37.8 Å². The van der Waals surface area contributed by atoms with Crippen LogP contribution in [0.4, 0.5) is 18.9 Å². The third-order valence-electron chi connectivity index (χ3n) is 7.35. The predicted octanol–water partition coefficient (Wildman–Crippen LogP) is 5.98. The second-order valence-corrected chi connectivity index (χ2v) is 12.6. The van der Waals surface area contributed by atoms with E-state index in [0.717, 1.165) is 38.2 Å². The van der Waals surface area contributed by atoms with Crippen LogP contribution in [0.3, 0.4) is 0 Å². The number of benzene rings is 1. The molecule has 0 aliphatic heterocycles. The Morgan fingerprint density at radius 1 is 1.08 bits per heavy atom. The van der Waals surface area contributed by atoms with Crippen LogP contribution in [-0.2, 0) is 4.57 Å². The molecule has 1 aliphatic carbocycles. The van der Waals surface area contributed by atoms with Gasteiger partial charge in [0.05, 0.1) is 17.7 Å². The molecule has 4 N–H and O–H groups in total. The van der Waals surface area contributed by atoms with E-state index in [1.807, 2.05) is 13.8 Å². The summed E-state index contributed by atoms with van der Waals surface area (Å²) in [4.78, 5) is 26.4. The van der Waals surface area contributed by atoms with Crippen molar-refractivity contribution in [3.63, 3.8) is 0 Å². The second kappa shape index (κ2) is 13.3. The Kier molecular flexibility index (Phi) is 10.7. The Hall–Kier alpha value is -2.36. The monoisotopic (exact) mass is 571 g/mol. The van der Waals surface area contributed by atoms with Crippen molar-refractivity contribution in [2.75, 3.05) is 25.0 Å². The Morgan fingerprint density at radius 3 is 2.26 bits per heavy atom. The highest BCUT2D eigenvalue weighted by atomic mass is 31.2. The number of anilines is 1. The fourth-order valence-electron chi connectivity index (χ4n) is 5.22. The molecule has 3 rings (SSSR count). The van der Waals surface area contributed by atoms with E-state index < -0.39 is 36.8 Å². The number of alkyl halides is 2. The largest absolute Gasteiger partial charge is 0.380 e. The van der Waals surface area contributed by atoms with Gasteiger partial charge in [-0.2, -0.15) is 8.78 Å². The van der Waals surface area contributed by atoms with Crippen molar-refractivity contribution in [2.45, 2.75) is 90.4 Å². The van der Waals surface area contributed by atoms with E-state index in [1.165, 1.54) is 6.20 Å². The summed E-state index contributed by atoms with van der Waals surface area (Å²) in [6, 6.07) is 2.76. The summed E-state index contributed by atoms with van der Waals surface area (Å²) in [7, 11) is -4.37. The number of aromatic nitrogens is 1. The van der Waals surface area contributed by atoms with Crippen molar-refractivity contribution >= 4 is 29.9 Å². The van der Waals surface area contributed by atoms with E-state index in [9.17, 15) is 22.9 Å². The number of hydrogen-bond acceptors (Lipinski definition) is 4. The molecule has 0 unspecified atom stereocenters. The van der Waals surface area contributed by atoms with Gasteiger partial charge in [0.15, 0.2) is 0 Å². The Bertz CT molecular complexity index is 1250. The average molecular weight is 572 g/mol. The lowest BCUT2D eigenvalue weighted by atomic mass is 9.95. The number of hydrogen-bond donors (Lipinski definition) is 4. The first-order valence-corrected chi connectivity index (χ1v) is 15.6. The maximum absolute atomic E-state index is 15.2. The standard InChI is InChI=1S/C27H41F3N5O3P/c1-5-19(6-2)35-16-21(26(37)31-17-27(29,30)39(38,32-7-3)33-8-4)25(36)20-14-22(28)23(15-24(20)35)34-18-12-10-9-11-13-18/h14-16,18-19,34H,5-13,17H2,1-4H3,(H,31,37)(H2,32,33,38). The van der Waals surface area contributed by atoms with Crippen LogP contribution in [0.15, 0.2) is 23.1 Å². The van der Waals surface area contributed by atoms with Crippen LogP contribution in [0.25, 0.3) is 10.9 Å². The quantitative estimate of drug-likeness (QED) is 0.221. The number of nitrogens with one attached hydrogen (secondary N) is 4. The summed E-state index contributed by atoms with van der Waals surface area (Å²) in [5.74, 6) is -1.65. The van der Waals surface area contributed by atoms with E-state index in [0.29, 0.717) is 24.0 Å². The van der Waals surface area contributed by atoms with Gasteiger partial charge in [-0.3, -0.25) is 24.3 Å². The lowest BCUT2D eigenvalue weighted by Crippen LogP contribution is -2.44. The Balaban J connectivity index is 2.01. The van der Waals surface area contributed by atoms with Gasteiger partial charge in [-0.1, -0.05) is 47.0 Å². The molecule has 218 valence electrons. The number of rotatable bonds is 13. The first-order chi connectivity index (χ1) is 18.5. The molecule has 0 bridgehead atoms. The van der Waals surface area contributed by atoms with Crippen molar-refractivity contribution < 1.29 is 22.5 Å². The van der Waals surface area contributed by atoms with Crippen LogP contribution in [0.1, 0.15) is 89.0 Å². The number of carbonyl (C=O) groups excluding carboxylic acids is 1. The van der Waals surface area contributed by atoms with Gasteiger partial charge in [0.2, 0.25) is 5.43 Å². The third-order valence-corrected chi connectivity index (χ3v) is 9.95. The van der Waals surface area contributed by atoms with Crippen LogP contribution in [0, 0.1) is 5.82 Å². The lowest BCUT2D eigenvalue weighted by molar-refractivity contribution is 0.0720. The Labute approximate surface area is 228 Å². The molecule has 0 atom stereocenters. The van der Waals surface area contributed by atoms with Gasteiger partial charge in [-0.15, -0.1) is 0 Å². The fraction of sp³-hybridized carbons (Fsp3) is 0.630. The molecule has 39 heavy (non-hydrogen) atoms. The van der Waals surface area contributed by atoms with Gasteiger partial charge in [0.1, 0.15) is 11.4 Å². The van der Waals surface area contributed by atoms with Gasteiger partial charge in [0.25, 0.3) is 13.4 Å². The first kappa shape index (κ1) is 31.2. The maximum atomic E-state index is 15.2. The van der Waals surface area contributed by atoms with Gasteiger partial charge < -0.3 is 15.2 Å². The highest BCUT2D eigenvalue weighted by molar-refractivity contribution is 7.61. The molecule has 12 heteroatoms. The normalized spacial score (nSPS) is 15.2. The SMILES string of the molecule is CCNP(=O)(NCC)C(F)(F)CNC(=O)c1cn(C(CC)CC)c2cc(NC3CCCCC3)c(F)cc2c1=O. The first-order valence-electron chi connectivity index (χ1n) is 13.9. The average Bonchev–Trinajstić information content (AvgIpc) is 2.91. The molecule has 2 aromatic rings. The van der Waals surface area contributed by atoms with E-state index in [2.05, 4.69) is 20.8 Å². The zero-order valence-electron chi connectivity index (χ0n) is 23.2. The number of amides is 1. The summed E-state index contributed by atoms with van der Waals surface area (Å²) in [5, 5.41) is 9.99. The number of halogens is 3. The highest BCUT2D eigenvalue weighted by Gasteiger charge is 2.49.